The predicted octanol–water partition coefficient (Wildman–Crippen LogP) is 3.27. The topological polar surface area (TPSA) is 129 Å². The van der Waals surface area contributed by atoms with Crippen LogP contribution in [0.15, 0.2) is 77.9 Å². The molecule has 1 aliphatic heterocycles. The SMILES string of the molecule is COCCN(C)C(=O)N1CC[C@@H](NC(=O)c2ccc3c(Cl)c[nH]c3c2)[C@@H](NC(=O)c2ccc(-n3ccccc3=O)cc2)C1. The summed E-state index contributed by atoms with van der Waals surface area (Å²) in [6.45, 7) is 1.43. The summed E-state index contributed by atoms with van der Waals surface area (Å²) in [6, 6.07) is 15.6. The molecular weight excluding hydrogens is 572 g/mol. The van der Waals surface area contributed by atoms with Gasteiger partial charge in [0.15, 0.2) is 0 Å². The number of benzene rings is 2. The Morgan fingerprint density at radius 2 is 1.74 bits per heavy atom. The van der Waals surface area contributed by atoms with Gasteiger partial charge >= 0.3 is 6.03 Å². The van der Waals surface area contributed by atoms with Crippen LogP contribution < -0.4 is 16.2 Å². The zero-order chi connectivity index (χ0) is 30.5. The molecule has 4 amide bonds. The van der Waals surface area contributed by atoms with Gasteiger partial charge in [0.2, 0.25) is 0 Å². The molecule has 5 rings (SSSR count). The van der Waals surface area contributed by atoms with E-state index in [0.717, 1.165) is 10.9 Å². The first-order chi connectivity index (χ1) is 20.7. The number of aromatic nitrogens is 2. The second-order valence-corrected chi connectivity index (χ2v) is 10.9. The number of rotatable bonds is 8. The van der Waals surface area contributed by atoms with Crippen LogP contribution in [0, 0.1) is 0 Å². The number of halogens is 1. The van der Waals surface area contributed by atoms with Crippen molar-refractivity contribution in [3.63, 3.8) is 0 Å². The van der Waals surface area contributed by atoms with E-state index in [0.29, 0.717) is 48.0 Å². The molecule has 0 radical (unpaired) electrons. The van der Waals surface area contributed by atoms with E-state index in [2.05, 4.69) is 15.6 Å². The maximum absolute atomic E-state index is 13.4. The number of aromatic amines is 1. The number of urea groups is 1. The largest absolute Gasteiger partial charge is 0.383 e. The zero-order valence-electron chi connectivity index (χ0n) is 23.9. The Morgan fingerprint density at radius 1 is 1.02 bits per heavy atom. The molecule has 1 fully saturated rings. The Morgan fingerprint density at radius 3 is 2.49 bits per heavy atom. The number of carbonyl (C=O) groups is 3. The highest BCUT2D eigenvalue weighted by atomic mass is 35.5. The van der Waals surface area contributed by atoms with Crippen LogP contribution in [0.1, 0.15) is 27.1 Å². The van der Waals surface area contributed by atoms with E-state index in [-0.39, 0.29) is 29.9 Å². The summed E-state index contributed by atoms with van der Waals surface area (Å²) in [6.07, 6.45) is 3.76. The van der Waals surface area contributed by atoms with Gasteiger partial charge in [-0.3, -0.25) is 19.0 Å². The number of hydrogen-bond donors (Lipinski definition) is 3. The lowest BCUT2D eigenvalue weighted by molar-refractivity contribution is 0.0803. The van der Waals surface area contributed by atoms with E-state index < -0.39 is 12.1 Å². The van der Waals surface area contributed by atoms with Crippen LogP contribution in [0.5, 0.6) is 0 Å². The highest BCUT2D eigenvalue weighted by molar-refractivity contribution is 6.35. The number of fused-ring (bicyclic) bond motifs is 1. The van der Waals surface area contributed by atoms with Gasteiger partial charge in [-0.25, -0.2) is 4.79 Å². The molecular formula is C31H33ClN6O5. The van der Waals surface area contributed by atoms with E-state index in [4.69, 9.17) is 16.3 Å². The van der Waals surface area contributed by atoms with E-state index in [1.807, 2.05) is 0 Å². The molecule has 0 bridgehead atoms. The van der Waals surface area contributed by atoms with Crippen molar-refractivity contribution in [1.29, 1.82) is 0 Å². The summed E-state index contributed by atoms with van der Waals surface area (Å²) in [5.74, 6) is -0.660. The van der Waals surface area contributed by atoms with Crippen molar-refractivity contribution in [1.82, 2.24) is 30.0 Å². The van der Waals surface area contributed by atoms with Crippen LogP contribution >= 0.6 is 11.6 Å². The molecule has 4 aromatic rings. The molecule has 0 saturated carbocycles. The lowest BCUT2D eigenvalue weighted by Gasteiger charge is -2.40. The van der Waals surface area contributed by atoms with E-state index in [1.165, 1.54) is 10.6 Å². The molecule has 0 aliphatic carbocycles. The molecule has 2 aromatic heterocycles. The summed E-state index contributed by atoms with van der Waals surface area (Å²) >= 11 is 6.18. The minimum atomic E-state index is -0.565. The number of ether oxygens (including phenoxy) is 1. The number of carbonyl (C=O) groups excluding carboxylic acids is 3. The third-order valence-corrected chi connectivity index (χ3v) is 7.91. The normalized spacial score (nSPS) is 16.6. The fourth-order valence-electron chi connectivity index (χ4n) is 5.16. The second kappa shape index (κ2) is 13.1. The fourth-order valence-corrected chi connectivity index (χ4v) is 5.38. The minimum Gasteiger partial charge on any atom is -0.383 e. The van der Waals surface area contributed by atoms with Gasteiger partial charge in [0, 0.05) is 80.0 Å². The van der Waals surface area contributed by atoms with E-state index in [9.17, 15) is 19.2 Å². The summed E-state index contributed by atoms with van der Waals surface area (Å²) < 4.78 is 6.58. The number of likely N-dealkylation sites (N-methyl/N-ethyl adjacent to an activating group) is 1. The molecule has 0 unspecified atom stereocenters. The molecule has 2 atom stereocenters. The monoisotopic (exact) mass is 604 g/mol. The molecule has 3 N–H and O–H groups in total. The van der Waals surface area contributed by atoms with Gasteiger partial charge in [0.05, 0.1) is 23.7 Å². The Labute approximate surface area is 253 Å². The lowest BCUT2D eigenvalue weighted by Crippen LogP contribution is -2.62. The Hall–Kier alpha value is -4.61. The van der Waals surface area contributed by atoms with Crippen molar-refractivity contribution in [2.24, 2.45) is 0 Å². The van der Waals surface area contributed by atoms with Gasteiger partial charge in [0.25, 0.3) is 17.4 Å². The summed E-state index contributed by atoms with van der Waals surface area (Å²) in [5, 5.41) is 7.48. The first-order valence-corrected chi connectivity index (χ1v) is 14.3. The molecule has 2 aromatic carbocycles. The highest BCUT2D eigenvalue weighted by Crippen LogP contribution is 2.24. The average molecular weight is 605 g/mol. The van der Waals surface area contributed by atoms with Crippen LogP contribution in [-0.2, 0) is 4.74 Å². The molecule has 1 saturated heterocycles. The second-order valence-electron chi connectivity index (χ2n) is 10.4. The molecule has 1 aliphatic rings. The number of H-pyrrole nitrogens is 1. The number of piperidine rings is 1. The first-order valence-electron chi connectivity index (χ1n) is 13.9. The van der Waals surface area contributed by atoms with Gasteiger partial charge in [-0.05, 0) is 48.9 Å². The average Bonchev–Trinajstić information content (AvgIpc) is 3.40. The number of nitrogens with zero attached hydrogens (tertiary/aromatic N) is 3. The van der Waals surface area contributed by atoms with Crippen molar-refractivity contribution in [2.75, 3.05) is 40.4 Å². The number of likely N-dealkylation sites (tertiary alicyclic amines) is 1. The Bertz CT molecular complexity index is 1680. The molecule has 0 spiro atoms. The first kappa shape index (κ1) is 29.9. The molecule has 224 valence electrons. The van der Waals surface area contributed by atoms with Gasteiger partial charge in [-0.1, -0.05) is 23.7 Å². The van der Waals surface area contributed by atoms with Crippen molar-refractivity contribution >= 4 is 40.3 Å². The van der Waals surface area contributed by atoms with Gasteiger partial charge in [-0.15, -0.1) is 0 Å². The predicted molar refractivity (Wildman–Crippen MR) is 164 cm³/mol. The van der Waals surface area contributed by atoms with Crippen LogP contribution in [0.25, 0.3) is 16.6 Å². The van der Waals surface area contributed by atoms with Crippen LogP contribution in [0.4, 0.5) is 4.79 Å². The molecule has 12 heteroatoms. The third kappa shape index (κ3) is 6.73. The number of amides is 4. The molecule has 11 nitrogen and oxygen atoms in total. The highest BCUT2D eigenvalue weighted by Gasteiger charge is 2.35. The fraction of sp³-hybridized carbons (Fsp3) is 0.290. The van der Waals surface area contributed by atoms with E-state index >= 15 is 0 Å². The Kier molecular flexibility index (Phi) is 9.13. The smallest absolute Gasteiger partial charge is 0.319 e. The van der Waals surface area contributed by atoms with Crippen molar-refractivity contribution in [3.8, 4) is 5.69 Å². The summed E-state index contributed by atoms with van der Waals surface area (Å²) in [7, 11) is 3.27. The minimum absolute atomic E-state index is 0.181. The van der Waals surface area contributed by atoms with Crippen molar-refractivity contribution < 1.29 is 19.1 Å². The third-order valence-electron chi connectivity index (χ3n) is 7.60. The number of hydrogen-bond acceptors (Lipinski definition) is 5. The lowest BCUT2D eigenvalue weighted by atomic mass is 9.98. The van der Waals surface area contributed by atoms with Crippen molar-refractivity contribution in [3.05, 3.63) is 99.6 Å². The van der Waals surface area contributed by atoms with Crippen LogP contribution in [-0.4, -0.2) is 89.7 Å². The molecule has 43 heavy (non-hydrogen) atoms. The van der Waals surface area contributed by atoms with E-state index in [1.54, 1.807) is 90.9 Å². The maximum Gasteiger partial charge on any atom is 0.319 e. The summed E-state index contributed by atoms with van der Waals surface area (Å²) in [5.41, 5.74) is 2.01. The van der Waals surface area contributed by atoms with Gasteiger partial charge < -0.3 is 30.2 Å². The van der Waals surface area contributed by atoms with Gasteiger partial charge in [0.1, 0.15) is 0 Å². The number of pyridine rings is 1. The maximum atomic E-state index is 13.4. The van der Waals surface area contributed by atoms with Crippen molar-refractivity contribution in [2.45, 2.75) is 18.5 Å². The van der Waals surface area contributed by atoms with Gasteiger partial charge in [-0.2, -0.15) is 0 Å². The quantitative estimate of drug-likeness (QED) is 0.284. The number of methoxy groups -OCH3 is 1. The zero-order valence-corrected chi connectivity index (χ0v) is 24.6. The standard InChI is InChI=1S/C31H33ClN6O5/c1-36(15-16-43-2)31(42)37-14-12-25(34-30(41)21-8-11-23-24(32)18-33-26(23)17-21)27(19-37)35-29(40)20-6-9-22(10-7-20)38-13-4-3-5-28(38)39/h3-11,13,17-18,25,27,33H,12,14-16,19H2,1-2H3,(H,34,41)(H,35,40)/t25-,27+/m1/s1. The Balaban J connectivity index is 1.33. The number of nitrogens with one attached hydrogen (secondary N) is 3. The van der Waals surface area contributed by atoms with Crippen LogP contribution in [0.3, 0.4) is 0 Å². The van der Waals surface area contributed by atoms with Crippen LogP contribution in [0.2, 0.25) is 5.02 Å². The summed E-state index contributed by atoms with van der Waals surface area (Å²) in [4.78, 5) is 58.3. The molecule has 3 heterocycles.